The van der Waals surface area contributed by atoms with Gasteiger partial charge in [-0.2, -0.15) is 0 Å². The van der Waals surface area contributed by atoms with Crippen LogP contribution in [-0.4, -0.2) is 59.8 Å². The molecule has 3 unspecified atom stereocenters. The third kappa shape index (κ3) is 5.63. The molecule has 0 bridgehead atoms. The summed E-state index contributed by atoms with van der Waals surface area (Å²) in [5.74, 6) is -1.68. The number of carbonyl (C=O) groups is 3. The lowest BCUT2D eigenvalue weighted by Gasteiger charge is -2.29. The summed E-state index contributed by atoms with van der Waals surface area (Å²) >= 11 is 0. The van der Waals surface area contributed by atoms with Crippen molar-refractivity contribution in [1.29, 1.82) is 0 Å². The smallest absolute Gasteiger partial charge is 0.407 e. The molecule has 42 heavy (non-hydrogen) atoms. The van der Waals surface area contributed by atoms with Crippen LogP contribution in [0.2, 0.25) is 0 Å². The molecule has 3 aromatic carbocycles. The first-order valence-corrected chi connectivity index (χ1v) is 14.8. The summed E-state index contributed by atoms with van der Waals surface area (Å²) in [7, 11) is 0. The number of nitrogens with zero attached hydrogens (tertiary/aromatic N) is 1. The van der Waals surface area contributed by atoms with Gasteiger partial charge in [-0.05, 0) is 53.0 Å². The van der Waals surface area contributed by atoms with Gasteiger partial charge in [0.05, 0.1) is 0 Å². The van der Waals surface area contributed by atoms with Crippen LogP contribution in [0.4, 0.5) is 4.79 Å². The second kappa shape index (κ2) is 12.0. The Kier molecular flexibility index (Phi) is 7.98. The van der Waals surface area contributed by atoms with E-state index in [1.807, 2.05) is 54.6 Å². The van der Waals surface area contributed by atoms with Crippen LogP contribution in [0.25, 0.3) is 11.1 Å². The molecule has 1 aliphatic heterocycles. The Bertz CT molecular complexity index is 1410. The fraction of sp³-hybridized carbons (Fsp3) is 0.382. The summed E-state index contributed by atoms with van der Waals surface area (Å²) < 4.78 is 5.68. The highest BCUT2D eigenvalue weighted by atomic mass is 16.5. The summed E-state index contributed by atoms with van der Waals surface area (Å²) in [5, 5.41) is 15.9. The number of benzene rings is 3. The van der Waals surface area contributed by atoms with Crippen LogP contribution in [0.3, 0.4) is 0 Å². The highest BCUT2D eigenvalue weighted by Crippen LogP contribution is 2.44. The van der Waals surface area contributed by atoms with E-state index in [4.69, 9.17) is 4.74 Å². The van der Waals surface area contributed by atoms with Crippen LogP contribution in [0.5, 0.6) is 0 Å². The molecule has 2 amide bonds. The highest BCUT2D eigenvalue weighted by molar-refractivity contribution is 5.89. The first-order chi connectivity index (χ1) is 20.4. The maximum atomic E-state index is 13.4. The Morgan fingerprint density at radius 3 is 2.26 bits per heavy atom. The molecule has 3 N–H and O–H groups in total. The maximum Gasteiger partial charge on any atom is 0.407 e. The number of amides is 2. The van der Waals surface area contributed by atoms with Gasteiger partial charge in [0.25, 0.3) is 0 Å². The average molecular weight is 568 g/mol. The standard InChI is InChI=1S/C34H37N3O5/c38-31(36-34(32(39)40)17-18-37(22-34)20-23-9-2-1-3-10-23)25-16-8-11-24(25)19-35-33(41)42-21-30-28-14-6-4-12-26(28)27-13-5-7-15-29(27)30/h1-7,9-10,12-15,24-25,30H,8,11,16-22H2,(H,35,41)(H,36,38)(H,39,40). The Balaban J connectivity index is 1.02. The van der Waals surface area contributed by atoms with Gasteiger partial charge in [0.2, 0.25) is 5.91 Å². The molecule has 8 nitrogen and oxygen atoms in total. The SMILES string of the molecule is O=C(NCC1CCCC1C(=O)NC1(C(=O)O)CCN(Cc2ccccc2)C1)OCC1c2ccccc2-c2ccccc21. The number of aliphatic carboxylic acids is 1. The predicted molar refractivity (Wildman–Crippen MR) is 159 cm³/mol. The predicted octanol–water partition coefficient (Wildman–Crippen LogP) is 4.79. The molecule has 1 saturated heterocycles. The van der Waals surface area contributed by atoms with Crippen LogP contribution in [-0.2, 0) is 20.9 Å². The van der Waals surface area contributed by atoms with E-state index >= 15 is 0 Å². The van der Waals surface area contributed by atoms with Gasteiger partial charge in [-0.15, -0.1) is 0 Å². The topological polar surface area (TPSA) is 108 Å². The van der Waals surface area contributed by atoms with Gasteiger partial charge in [0.1, 0.15) is 6.61 Å². The molecule has 6 rings (SSSR count). The Morgan fingerprint density at radius 1 is 0.905 bits per heavy atom. The molecule has 2 aliphatic carbocycles. The third-order valence-corrected chi connectivity index (χ3v) is 9.22. The number of nitrogens with one attached hydrogen (secondary N) is 2. The second-order valence-electron chi connectivity index (χ2n) is 11.8. The molecule has 0 aromatic heterocycles. The van der Waals surface area contributed by atoms with Crippen LogP contribution in [0.1, 0.15) is 48.3 Å². The van der Waals surface area contributed by atoms with Gasteiger partial charge in [-0.25, -0.2) is 9.59 Å². The van der Waals surface area contributed by atoms with E-state index in [-0.39, 0.29) is 36.8 Å². The van der Waals surface area contributed by atoms with Crippen molar-refractivity contribution in [2.45, 2.75) is 43.7 Å². The van der Waals surface area contributed by atoms with Gasteiger partial charge in [0, 0.05) is 38.0 Å². The molecule has 218 valence electrons. The normalized spacial score (nSPS) is 23.2. The number of hydrogen-bond acceptors (Lipinski definition) is 5. The summed E-state index contributed by atoms with van der Waals surface area (Å²) in [5.41, 5.74) is 4.46. The zero-order valence-electron chi connectivity index (χ0n) is 23.6. The number of fused-ring (bicyclic) bond motifs is 3. The summed E-state index contributed by atoms with van der Waals surface area (Å²) in [6.45, 7) is 2.04. The minimum absolute atomic E-state index is 0.0202. The Labute approximate surface area is 246 Å². The second-order valence-corrected chi connectivity index (χ2v) is 11.8. The van der Waals surface area contributed by atoms with Crippen molar-refractivity contribution in [3.8, 4) is 11.1 Å². The zero-order valence-corrected chi connectivity index (χ0v) is 23.6. The van der Waals surface area contributed by atoms with Crippen molar-refractivity contribution in [3.05, 3.63) is 95.6 Å². The Morgan fingerprint density at radius 2 is 1.57 bits per heavy atom. The number of likely N-dealkylation sites (tertiary alicyclic amines) is 1. The van der Waals surface area contributed by atoms with Crippen molar-refractivity contribution in [1.82, 2.24) is 15.5 Å². The van der Waals surface area contributed by atoms with Crippen molar-refractivity contribution in [2.24, 2.45) is 11.8 Å². The monoisotopic (exact) mass is 567 g/mol. The molecule has 3 aromatic rings. The third-order valence-electron chi connectivity index (χ3n) is 9.22. The number of carboxylic acids is 1. The quantitative estimate of drug-likeness (QED) is 0.343. The van der Waals surface area contributed by atoms with E-state index in [9.17, 15) is 19.5 Å². The largest absolute Gasteiger partial charge is 0.479 e. The summed E-state index contributed by atoms with van der Waals surface area (Å²) in [6.07, 6.45) is 2.18. The molecule has 3 atom stereocenters. The van der Waals surface area contributed by atoms with Crippen LogP contribution in [0.15, 0.2) is 78.9 Å². The lowest BCUT2D eigenvalue weighted by Crippen LogP contribution is -2.58. The van der Waals surface area contributed by atoms with Crippen LogP contribution in [0, 0.1) is 11.8 Å². The molecule has 1 saturated carbocycles. The fourth-order valence-electron chi connectivity index (χ4n) is 7.01. The van der Waals surface area contributed by atoms with E-state index < -0.39 is 17.6 Å². The van der Waals surface area contributed by atoms with Gasteiger partial charge >= 0.3 is 12.1 Å². The number of carboxylic acid groups (broad SMARTS) is 1. The van der Waals surface area contributed by atoms with E-state index in [0.29, 0.717) is 32.5 Å². The zero-order chi connectivity index (χ0) is 29.1. The number of alkyl carbamates (subject to hydrolysis) is 1. The van der Waals surface area contributed by atoms with E-state index in [1.54, 1.807) is 0 Å². The van der Waals surface area contributed by atoms with Crippen LogP contribution >= 0.6 is 0 Å². The highest BCUT2D eigenvalue weighted by Gasteiger charge is 2.48. The van der Waals surface area contributed by atoms with Gasteiger partial charge in [0.15, 0.2) is 5.54 Å². The van der Waals surface area contributed by atoms with Crippen LogP contribution < -0.4 is 10.6 Å². The first kappa shape index (κ1) is 28.0. The lowest BCUT2D eigenvalue weighted by molar-refractivity contribution is -0.148. The molecule has 0 spiro atoms. The number of hydrogen-bond donors (Lipinski definition) is 3. The average Bonchev–Trinajstić information content (AvgIpc) is 3.72. The lowest BCUT2D eigenvalue weighted by atomic mass is 9.92. The molecule has 3 aliphatic rings. The maximum absolute atomic E-state index is 13.4. The molecular weight excluding hydrogens is 530 g/mol. The van der Waals surface area contributed by atoms with E-state index in [0.717, 1.165) is 29.5 Å². The molecule has 0 radical (unpaired) electrons. The Hall–Kier alpha value is -4.17. The number of rotatable bonds is 9. The molecular formula is C34H37N3O5. The number of carbonyl (C=O) groups excluding carboxylic acids is 2. The van der Waals surface area contributed by atoms with Crippen molar-refractivity contribution in [2.75, 3.05) is 26.2 Å². The van der Waals surface area contributed by atoms with E-state index in [2.05, 4.69) is 39.8 Å². The van der Waals surface area contributed by atoms with Crippen molar-refractivity contribution in [3.63, 3.8) is 0 Å². The minimum Gasteiger partial charge on any atom is -0.479 e. The fourth-order valence-corrected chi connectivity index (χ4v) is 7.01. The first-order valence-electron chi connectivity index (χ1n) is 14.8. The van der Waals surface area contributed by atoms with Gasteiger partial charge < -0.3 is 20.5 Å². The van der Waals surface area contributed by atoms with Crippen molar-refractivity contribution < 1.29 is 24.2 Å². The summed E-state index contributed by atoms with van der Waals surface area (Å²) in [4.78, 5) is 40.6. The molecule has 8 heteroatoms. The summed E-state index contributed by atoms with van der Waals surface area (Å²) in [6, 6.07) is 26.3. The van der Waals surface area contributed by atoms with Crippen molar-refractivity contribution >= 4 is 18.0 Å². The molecule has 1 heterocycles. The number of ether oxygens (including phenoxy) is 1. The molecule has 2 fully saturated rings. The van der Waals surface area contributed by atoms with Gasteiger partial charge in [-0.3, -0.25) is 9.69 Å². The van der Waals surface area contributed by atoms with E-state index in [1.165, 1.54) is 11.1 Å². The minimum atomic E-state index is -1.31. The van der Waals surface area contributed by atoms with Gasteiger partial charge in [-0.1, -0.05) is 85.3 Å².